The Morgan fingerprint density at radius 1 is 0.328 bits per heavy atom. The Morgan fingerprint density at radius 3 is 0.897 bits per heavy atom. The van der Waals surface area contributed by atoms with Crippen LogP contribution in [0.5, 0.6) is 23.0 Å². The molecule has 0 aromatic heterocycles. The molecule has 0 aliphatic heterocycles. The summed E-state index contributed by atoms with van der Waals surface area (Å²) in [5.41, 5.74) is 4.29. The van der Waals surface area contributed by atoms with Crippen LogP contribution >= 0.6 is 0 Å². The van der Waals surface area contributed by atoms with Gasteiger partial charge in [-0.05, 0) is 96.5 Å². The van der Waals surface area contributed by atoms with Crippen LogP contribution in [-0.2, 0) is 9.59 Å². The van der Waals surface area contributed by atoms with Gasteiger partial charge < -0.3 is 18.9 Å². The zero-order valence-corrected chi connectivity index (χ0v) is 35.7. The highest BCUT2D eigenvalue weighted by atomic mass is 16.5. The second-order valence-corrected chi connectivity index (χ2v) is 15.6. The molecule has 6 heteroatoms. The smallest absolute Gasteiger partial charge is 0.311 e. The molecular formula is C52H70O6. The second kappa shape index (κ2) is 28.8. The zero-order valence-electron chi connectivity index (χ0n) is 35.7. The monoisotopic (exact) mass is 791 g/mol. The topological polar surface area (TPSA) is 71.1 Å². The van der Waals surface area contributed by atoms with Gasteiger partial charge in [0.15, 0.2) is 0 Å². The van der Waals surface area contributed by atoms with E-state index >= 15 is 0 Å². The molecule has 0 N–H and O–H groups in total. The van der Waals surface area contributed by atoms with E-state index in [9.17, 15) is 9.59 Å². The van der Waals surface area contributed by atoms with Gasteiger partial charge in [-0.1, -0.05) is 165 Å². The molecule has 58 heavy (non-hydrogen) atoms. The van der Waals surface area contributed by atoms with Gasteiger partial charge in [-0.15, -0.1) is 0 Å². The molecule has 0 aliphatic carbocycles. The van der Waals surface area contributed by atoms with Gasteiger partial charge in [-0.25, -0.2) is 0 Å². The van der Waals surface area contributed by atoms with Gasteiger partial charge in [0.05, 0.1) is 13.2 Å². The fourth-order valence-electron chi connectivity index (χ4n) is 7.03. The van der Waals surface area contributed by atoms with E-state index in [-0.39, 0.29) is 11.9 Å². The Balaban J connectivity index is 1.02. The summed E-state index contributed by atoms with van der Waals surface area (Å²) in [6.45, 7) is 6.02. The average molecular weight is 791 g/mol. The molecule has 0 amide bonds. The largest absolute Gasteiger partial charge is 0.494 e. The molecule has 0 fully saturated rings. The number of rotatable bonds is 31. The highest BCUT2D eigenvalue weighted by Gasteiger charge is 2.09. The first-order valence-electron chi connectivity index (χ1n) is 22.6. The summed E-state index contributed by atoms with van der Waals surface area (Å²) in [7, 11) is 0. The number of hydrogen-bond acceptors (Lipinski definition) is 6. The van der Waals surface area contributed by atoms with E-state index in [2.05, 4.69) is 38.1 Å². The Labute approximate surface area is 350 Å². The van der Waals surface area contributed by atoms with Crippen LogP contribution in [0.3, 0.4) is 0 Å². The normalized spacial score (nSPS) is 11.0. The minimum Gasteiger partial charge on any atom is -0.494 e. The number of carbonyl (C=O) groups is 2. The van der Waals surface area contributed by atoms with E-state index in [0.717, 1.165) is 72.6 Å². The molecule has 0 heterocycles. The number of ether oxygens (including phenoxy) is 4. The molecule has 4 rings (SSSR count). The minimum atomic E-state index is -0.244. The fraction of sp³-hybridized carbons (Fsp3) is 0.500. The van der Waals surface area contributed by atoms with Crippen molar-refractivity contribution in [2.45, 2.75) is 155 Å². The summed E-state index contributed by atoms with van der Waals surface area (Å²) in [6.07, 6.45) is 24.4. The Hall–Kier alpha value is -4.58. The summed E-state index contributed by atoms with van der Waals surface area (Å²) in [5, 5.41) is 0. The van der Waals surface area contributed by atoms with E-state index in [1.165, 1.54) is 89.9 Å². The molecule has 0 unspecified atom stereocenters. The zero-order chi connectivity index (χ0) is 40.9. The predicted octanol–water partition coefficient (Wildman–Crippen LogP) is 14.9. The van der Waals surface area contributed by atoms with Crippen molar-refractivity contribution in [1.82, 2.24) is 0 Å². The maximum atomic E-state index is 12.5. The third-order valence-corrected chi connectivity index (χ3v) is 10.6. The molecular weight excluding hydrogens is 721 g/mol. The number of benzene rings is 4. The summed E-state index contributed by atoms with van der Waals surface area (Å²) in [4.78, 5) is 24.9. The molecule has 0 saturated carbocycles. The van der Waals surface area contributed by atoms with Gasteiger partial charge in [0, 0.05) is 12.8 Å². The van der Waals surface area contributed by atoms with Crippen molar-refractivity contribution in [1.29, 1.82) is 0 Å². The van der Waals surface area contributed by atoms with Crippen molar-refractivity contribution >= 4 is 11.9 Å². The summed E-state index contributed by atoms with van der Waals surface area (Å²) < 4.78 is 23.0. The molecule has 0 aliphatic rings. The van der Waals surface area contributed by atoms with Crippen LogP contribution in [0.15, 0.2) is 97.1 Å². The van der Waals surface area contributed by atoms with Crippen molar-refractivity contribution in [3.05, 3.63) is 97.1 Å². The maximum absolute atomic E-state index is 12.5. The highest BCUT2D eigenvalue weighted by molar-refractivity contribution is 5.74. The first-order valence-corrected chi connectivity index (χ1v) is 22.6. The Bertz CT molecular complexity index is 1530. The van der Waals surface area contributed by atoms with Crippen LogP contribution in [0.4, 0.5) is 0 Å². The lowest BCUT2D eigenvalue weighted by molar-refractivity contribution is -0.135. The number of unbranched alkanes of at least 4 members (excludes halogenated alkanes) is 17. The van der Waals surface area contributed by atoms with E-state index in [0.29, 0.717) is 37.2 Å². The first kappa shape index (κ1) is 46.1. The third kappa shape index (κ3) is 19.2. The van der Waals surface area contributed by atoms with Crippen molar-refractivity contribution < 1.29 is 28.5 Å². The lowest BCUT2D eigenvalue weighted by Gasteiger charge is -2.09. The molecule has 6 nitrogen and oxygen atoms in total. The lowest BCUT2D eigenvalue weighted by Crippen LogP contribution is -2.08. The number of esters is 2. The van der Waals surface area contributed by atoms with Crippen molar-refractivity contribution in [3.8, 4) is 45.3 Å². The Morgan fingerprint density at radius 2 is 0.586 bits per heavy atom. The van der Waals surface area contributed by atoms with Gasteiger partial charge in [-0.3, -0.25) is 9.59 Å². The Kier molecular flexibility index (Phi) is 22.9. The molecule has 314 valence electrons. The number of carbonyl (C=O) groups excluding carboxylic acids is 2. The molecule has 0 atom stereocenters. The van der Waals surface area contributed by atoms with Crippen LogP contribution in [0.2, 0.25) is 0 Å². The lowest BCUT2D eigenvalue weighted by atomic mass is 10.1. The van der Waals surface area contributed by atoms with Gasteiger partial charge in [0.2, 0.25) is 0 Å². The van der Waals surface area contributed by atoms with Crippen LogP contribution in [0.1, 0.15) is 155 Å². The van der Waals surface area contributed by atoms with Gasteiger partial charge in [-0.2, -0.15) is 0 Å². The van der Waals surface area contributed by atoms with Crippen LogP contribution in [0.25, 0.3) is 22.3 Å². The molecule has 0 saturated heterocycles. The van der Waals surface area contributed by atoms with Crippen LogP contribution in [-0.4, -0.2) is 25.2 Å². The number of hydrogen-bond donors (Lipinski definition) is 0. The molecule has 0 bridgehead atoms. The van der Waals surface area contributed by atoms with Crippen LogP contribution in [0, 0.1) is 0 Å². The summed E-state index contributed by atoms with van der Waals surface area (Å²) in [6, 6.07) is 31.6. The fourth-order valence-corrected chi connectivity index (χ4v) is 7.03. The SMILES string of the molecule is CCCCCCCCCCOc1ccc(-c2ccc(OC(=O)CCCCCCC(=O)Oc3ccc(-c4ccc(OCCCCCCCCCC)cc4)cc3)cc2)cc1. The van der Waals surface area contributed by atoms with Gasteiger partial charge >= 0.3 is 11.9 Å². The molecule has 0 spiro atoms. The third-order valence-electron chi connectivity index (χ3n) is 10.6. The molecule has 0 radical (unpaired) electrons. The van der Waals surface area contributed by atoms with Gasteiger partial charge in [0.1, 0.15) is 23.0 Å². The maximum Gasteiger partial charge on any atom is 0.311 e. The summed E-state index contributed by atoms with van der Waals surface area (Å²) in [5.74, 6) is 2.39. The molecule has 4 aromatic carbocycles. The van der Waals surface area contributed by atoms with E-state index in [4.69, 9.17) is 18.9 Å². The first-order chi connectivity index (χ1) is 28.5. The van der Waals surface area contributed by atoms with Crippen molar-refractivity contribution in [2.24, 2.45) is 0 Å². The summed E-state index contributed by atoms with van der Waals surface area (Å²) >= 11 is 0. The standard InChI is InChI=1S/C52H70O6/c1-3-5-7-9-11-13-17-21-41-55-47-33-25-43(26-34-47)45-29-37-49(38-30-45)57-51(53)23-19-15-16-20-24-52(54)58-50-39-31-46(32-40-50)44-27-35-48(36-28-44)56-42-22-18-14-12-10-8-6-4-2/h25-40H,3-24,41-42H2,1-2H3. The van der Waals surface area contributed by atoms with E-state index in [1.807, 2.05) is 72.8 Å². The average Bonchev–Trinajstić information content (AvgIpc) is 3.25. The van der Waals surface area contributed by atoms with E-state index in [1.54, 1.807) is 0 Å². The van der Waals surface area contributed by atoms with Crippen LogP contribution < -0.4 is 18.9 Å². The predicted molar refractivity (Wildman–Crippen MR) is 239 cm³/mol. The molecule has 4 aromatic rings. The van der Waals surface area contributed by atoms with Crippen molar-refractivity contribution in [3.63, 3.8) is 0 Å². The van der Waals surface area contributed by atoms with E-state index < -0.39 is 0 Å². The quantitative estimate of drug-likeness (QED) is 0.0287. The highest BCUT2D eigenvalue weighted by Crippen LogP contribution is 2.27. The van der Waals surface area contributed by atoms with Crippen molar-refractivity contribution in [2.75, 3.05) is 13.2 Å². The van der Waals surface area contributed by atoms with Gasteiger partial charge in [0.25, 0.3) is 0 Å². The minimum absolute atomic E-state index is 0.244. The second-order valence-electron chi connectivity index (χ2n) is 15.6.